The average Bonchev–Trinajstić information content (AvgIpc) is 2.97. The van der Waals surface area contributed by atoms with Gasteiger partial charge in [-0.05, 0) is 34.5 Å². The third kappa shape index (κ3) is 2.17. The average molecular weight is 329 g/mol. The summed E-state index contributed by atoms with van der Waals surface area (Å²) < 4.78 is 7.61. The van der Waals surface area contributed by atoms with Crippen molar-refractivity contribution in [3.8, 4) is 0 Å². The van der Waals surface area contributed by atoms with Gasteiger partial charge in [0.1, 0.15) is 0 Å². The smallest absolute Gasteiger partial charge is 0.293 e. The van der Waals surface area contributed by atoms with Gasteiger partial charge >= 0.3 is 0 Å². The number of hydrogen-bond acceptors (Lipinski definition) is 5. The molecule has 18 heavy (non-hydrogen) atoms. The summed E-state index contributed by atoms with van der Waals surface area (Å²) in [6, 6.07) is 3.27. The van der Waals surface area contributed by atoms with Gasteiger partial charge in [-0.2, -0.15) is 0 Å². The molecule has 0 unspecified atom stereocenters. The lowest BCUT2D eigenvalue weighted by molar-refractivity contribution is 0.0994. The molecule has 1 amide bonds. The number of thioether (sulfide) groups is 1. The molecule has 2 aromatic heterocycles. The lowest BCUT2D eigenvalue weighted by Crippen LogP contribution is -2.17. The standard InChI is InChI=1S/C10H9BrN4O2S/c11-7-3-2-6(17-7)8(16)12-9-13-14-10-15(9)4-1-5-18-10/h2-3H,1,4-5H2,(H,12,13,16). The van der Waals surface area contributed by atoms with Crippen LogP contribution < -0.4 is 5.32 Å². The van der Waals surface area contributed by atoms with Crippen molar-refractivity contribution in [1.82, 2.24) is 14.8 Å². The van der Waals surface area contributed by atoms with Crippen LogP contribution in [0.5, 0.6) is 0 Å². The molecule has 0 bridgehead atoms. The van der Waals surface area contributed by atoms with Crippen LogP contribution in [0.2, 0.25) is 0 Å². The first-order chi connectivity index (χ1) is 8.74. The lowest BCUT2D eigenvalue weighted by Gasteiger charge is -2.13. The molecule has 6 nitrogen and oxygen atoms in total. The molecule has 94 valence electrons. The van der Waals surface area contributed by atoms with Gasteiger partial charge in [0.25, 0.3) is 5.91 Å². The third-order valence-corrected chi connectivity index (χ3v) is 3.98. The van der Waals surface area contributed by atoms with Crippen molar-refractivity contribution >= 4 is 39.5 Å². The number of carbonyl (C=O) groups excluding carboxylic acids is 1. The summed E-state index contributed by atoms with van der Waals surface area (Å²) in [4.78, 5) is 11.9. The van der Waals surface area contributed by atoms with Crippen molar-refractivity contribution < 1.29 is 9.21 Å². The van der Waals surface area contributed by atoms with E-state index in [0.29, 0.717) is 10.6 Å². The van der Waals surface area contributed by atoms with Crippen molar-refractivity contribution in [3.05, 3.63) is 22.6 Å². The normalized spacial score (nSPS) is 14.3. The van der Waals surface area contributed by atoms with E-state index < -0.39 is 0 Å². The van der Waals surface area contributed by atoms with Crippen LogP contribution in [0.25, 0.3) is 0 Å². The molecule has 2 aromatic rings. The Labute approximate surface area is 115 Å². The van der Waals surface area contributed by atoms with Crippen LogP contribution >= 0.6 is 27.7 Å². The minimum Gasteiger partial charge on any atom is -0.444 e. The second-order valence-corrected chi connectivity index (χ2v) is 5.56. The second-order valence-electron chi connectivity index (χ2n) is 3.72. The van der Waals surface area contributed by atoms with Gasteiger partial charge in [-0.3, -0.25) is 14.7 Å². The molecule has 0 aromatic carbocycles. The molecule has 0 saturated carbocycles. The van der Waals surface area contributed by atoms with Gasteiger partial charge in [-0.1, -0.05) is 11.8 Å². The van der Waals surface area contributed by atoms with Gasteiger partial charge in [0.2, 0.25) is 5.95 Å². The first-order valence-corrected chi connectivity index (χ1v) is 7.14. The van der Waals surface area contributed by atoms with Crippen LogP contribution in [0.3, 0.4) is 0 Å². The van der Waals surface area contributed by atoms with E-state index in [1.54, 1.807) is 23.9 Å². The SMILES string of the molecule is O=C(Nc1nnc2n1CCCS2)c1ccc(Br)o1. The first-order valence-electron chi connectivity index (χ1n) is 5.37. The van der Waals surface area contributed by atoms with Gasteiger partial charge < -0.3 is 4.42 Å². The fourth-order valence-corrected chi connectivity index (χ4v) is 2.87. The maximum Gasteiger partial charge on any atom is 0.293 e. The predicted octanol–water partition coefficient (Wildman–Crippen LogP) is 2.38. The second kappa shape index (κ2) is 4.77. The molecule has 3 heterocycles. The van der Waals surface area contributed by atoms with Crippen molar-refractivity contribution in [2.24, 2.45) is 0 Å². The molecule has 0 atom stereocenters. The van der Waals surface area contributed by atoms with Gasteiger partial charge in [0, 0.05) is 12.3 Å². The van der Waals surface area contributed by atoms with Gasteiger partial charge in [0.05, 0.1) is 0 Å². The Morgan fingerprint density at radius 3 is 3.17 bits per heavy atom. The Hall–Kier alpha value is -1.28. The molecular weight excluding hydrogens is 320 g/mol. The summed E-state index contributed by atoms with van der Waals surface area (Å²) >= 11 is 4.80. The number of hydrogen-bond donors (Lipinski definition) is 1. The van der Waals surface area contributed by atoms with Crippen LogP contribution in [-0.4, -0.2) is 26.4 Å². The summed E-state index contributed by atoms with van der Waals surface area (Å²) in [6.45, 7) is 0.826. The van der Waals surface area contributed by atoms with Crippen molar-refractivity contribution in [1.29, 1.82) is 0 Å². The van der Waals surface area contributed by atoms with Crippen LogP contribution in [0.15, 0.2) is 26.4 Å². The molecule has 8 heteroatoms. The number of anilines is 1. The summed E-state index contributed by atoms with van der Waals surface area (Å²) in [7, 11) is 0. The van der Waals surface area contributed by atoms with E-state index in [2.05, 4.69) is 31.4 Å². The maximum atomic E-state index is 11.9. The summed E-state index contributed by atoms with van der Waals surface area (Å²) in [5.74, 6) is 1.42. The highest BCUT2D eigenvalue weighted by Crippen LogP contribution is 2.25. The maximum absolute atomic E-state index is 11.9. The zero-order chi connectivity index (χ0) is 12.5. The molecule has 0 spiro atoms. The van der Waals surface area contributed by atoms with Gasteiger partial charge in [-0.25, -0.2) is 0 Å². The predicted molar refractivity (Wildman–Crippen MR) is 69.7 cm³/mol. The highest BCUT2D eigenvalue weighted by Gasteiger charge is 2.19. The quantitative estimate of drug-likeness (QED) is 0.916. The molecule has 3 rings (SSSR count). The van der Waals surface area contributed by atoms with E-state index in [1.165, 1.54) is 0 Å². The van der Waals surface area contributed by atoms with Crippen molar-refractivity contribution in [2.75, 3.05) is 11.1 Å². The molecule has 0 fully saturated rings. The molecule has 1 N–H and O–H groups in total. The molecule has 1 aliphatic heterocycles. The van der Waals surface area contributed by atoms with E-state index in [-0.39, 0.29) is 11.7 Å². The van der Waals surface area contributed by atoms with Crippen LogP contribution in [-0.2, 0) is 6.54 Å². The monoisotopic (exact) mass is 328 g/mol. The number of nitrogens with one attached hydrogen (secondary N) is 1. The summed E-state index contributed by atoms with van der Waals surface area (Å²) in [5, 5.41) is 11.6. The topological polar surface area (TPSA) is 73.0 Å². The Kier molecular flexibility index (Phi) is 3.13. The number of amides is 1. The Morgan fingerprint density at radius 2 is 2.39 bits per heavy atom. The number of furan rings is 1. The molecule has 0 aliphatic carbocycles. The molecule has 0 radical (unpaired) electrons. The van der Waals surface area contributed by atoms with Crippen molar-refractivity contribution in [2.45, 2.75) is 18.1 Å². The van der Waals surface area contributed by atoms with Crippen LogP contribution in [0, 0.1) is 0 Å². The molecule has 0 saturated heterocycles. The minimum atomic E-state index is -0.327. The zero-order valence-corrected chi connectivity index (χ0v) is 11.6. The molecular formula is C10H9BrN4O2S. The van der Waals surface area contributed by atoms with Crippen LogP contribution in [0.1, 0.15) is 17.0 Å². The molecule has 1 aliphatic rings. The zero-order valence-electron chi connectivity index (χ0n) is 9.22. The highest BCUT2D eigenvalue weighted by atomic mass is 79.9. The number of aromatic nitrogens is 3. The van der Waals surface area contributed by atoms with Crippen LogP contribution in [0.4, 0.5) is 5.95 Å². The largest absolute Gasteiger partial charge is 0.444 e. The summed E-state index contributed by atoms with van der Waals surface area (Å²) in [5.41, 5.74) is 0. The lowest BCUT2D eigenvalue weighted by atomic mass is 10.4. The third-order valence-electron chi connectivity index (χ3n) is 2.50. The van der Waals surface area contributed by atoms with E-state index in [1.807, 2.05) is 4.57 Å². The fraction of sp³-hybridized carbons (Fsp3) is 0.300. The number of rotatable bonds is 2. The van der Waals surface area contributed by atoms with E-state index in [9.17, 15) is 4.79 Å². The first kappa shape index (κ1) is 11.8. The number of fused-ring (bicyclic) bond motifs is 1. The number of nitrogens with zero attached hydrogens (tertiary/aromatic N) is 3. The van der Waals surface area contributed by atoms with Gasteiger partial charge in [-0.15, -0.1) is 10.2 Å². The fourth-order valence-electron chi connectivity index (χ4n) is 1.68. The van der Waals surface area contributed by atoms with E-state index in [4.69, 9.17) is 4.42 Å². The number of carbonyl (C=O) groups is 1. The summed E-state index contributed by atoms with van der Waals surface area (Å²) in [6.07, 6.45) is 1.05. The van der Waals surface area contributed by atoms with E-state index >= 15 is 0 Å². The Balaban J connectivity index is 1.80. The highest BCUT2D eigenvalue weighted by molar-refractivity contribution is 9.10. The number of halogens is 1. The minimum absolute atomic E-state index is 0.239. The van der Waals surface area contributed by atoms with Gasteiger partial charge in [0.15, 0.2) is 15.6 Å². The van der Waals surface area contributed by atoms with Crippen molar-refractivity contribution in [3.63, 3.8) is 0 Å². The van der Waals surface area contributed by atoms with E-state index in [0.717, 1.165) is 23.9 Å². The Morgan fingerprint density at radius 1 is 1.50 bits per heavy atom. The Bertz CT molecular complexity index is 594.